The van der Waals surface area contributed by atoms with Crippen molar-refractivity contribution in [3.05, 3.63) is 36.4 Å². The second kappa shape index (κ2) is 10.1. The Balaban J connectivity index is 1.41. The van der Waals surface area contributed by atoms with E-state index >= 15 is 0 Å². The van der Waals surface area contributed by atoms with Gasteiger partial charge in [0.25, 0.3) is 0 Å². The van der Waals surface area contributed by atoms with Gasteiger partial charge in [0, 0.05) is 25.4 Å². The molecule has 1 aliphatic carbocycles. The van der Waals surface area contributed by atoms with Gasteiger partial charge in [-0.05, 0) is 42.5 Å². The maximum Gasteiger partial charge on any atom is 0.246 e. The van der Waals surface area contributed by atoms with E-state index in [9.17, 15) is 14.4 Å². The van der Waals surface area contributed by atoms with Crippen LogP contribution in [0.4, 0.5) is 5.69 Å². The van der Waals surface area contributed by atoms with Gasteiger partial charge in [0.1, 0.15) is 17.4 Å². The van der Waals surface area contributed by atoms with Crippen molar-refractivity contribution < 1.29 is 28.6 Å². The molecule has 1 spiro atoms. The van der Waals surface area contributed by atoms with Gasteiger partial charge < -0.3 is 29.7 Å². The Bertz CT molecular complexity index is 1070. The van der Waals surface area contributed by atoms with E-state index in [1.165, 1.54) is 0 Å². The first-order valence-corrected chi connectivity index (χ1v) is 13.2. The molecule has 8 atom stereocenters. The highest BCUT2D eigenvalue weighted by Crippen LogP contribution is 2.55. The topological polar surface area (TPSA) is 106 Å². The Morgan fingerprint density at radius 1 is 1.14 bits per heavy atom. The van der Waals surface area contributed by atoms with Crippen LogP contribution in [0.15, 0.2) is 36.4 Å². The molecule has 3 heterocycles. The molecule has 5 rings (SSSR count). The SMILES string of the molecule is COCCN1C(=O)[C@@H]2[C@H](C(=O)Nc3ccc(OC)cc3)[C@@H]3C=C[C@@]2(O3)[C@@H]1C(=O)N[C@@H]1CCC[C@H](C)[C@H]1C. The minimum absolute atomic E-state index is 0.0443. The molecule has 1 aromatic rings. The van der Waals surface area contributed by atoms with Crippen LogP contribution in [0.2, 0.25) is 0 Å². The number of carbonyl (C=O) groups excluding carboxylic acids is 3. The standard InChI is InChI=1S/C28H37N3O6/c1-16-6-5-7-20(17(16)2)30-26(33)24-28-13-12-21(37-28)22(23(28)27(34)31(24)14-15-35-3)25(32)29-18-8-10-19(36-4)11-9-18/h8-13,16-17,20-24H,5-7,14-15H2,1-4H3,(H,29,32)(H,30,33)/t16-,17+,20+,21-,22+,23-,24-,28-/m0/s1. The summed E-state index contributed by atoms with van der Waals surface area (Å²) in [7, 11) is 3.14. The summed E-state index contributed by atoms with van der Waals surface area (Å²) in [6, 6.07) is 6.21. The van der Waals surface area contributed by atoms with E-state index in [1.807, 2.05) is 12.2 Å². The maximum atomic E-state index is 13.9. The number of amides is 3. The van der Waals surface area contributed by atoms with Gasteiger partial charge in [-0.25, -0.2) is 0 Å². The molecule has 0 aromatic heterocycles. The average Bonchev–Trinajstić information content (AvgIpc) is 3.53. The lowest BCUT2D eigenvalue weighted by molar-refractivity contribution is -0.142. The van der Waals surface area contributed by atoms with Crippen molar-refractivity contribution in [3.63, 3.8) is 0 Å². The van der Waals surface area contributed by atoms with Gasteiger partial charge in [-0.1, -0.05) is 38.8 Å². The van der Waals surface area contributed by atoms with Crippen LogP contribution in [0.3, 0.4) is 0 Å². The highest BCUT2D eigenvalue weighted by atomic mass is 16.5. The van der Waals surface area contributed by atoms with Crippen LogP contribution in [-0.4, -0.2) is 73.8 Å². The molecule has 3 amide bonds. The molecule has 9 heteroatoms. The van der Waals surface area contributed by atoms with Crippen LogP contribution in [-0.2, 0) is 23.9 Å². The number of nitrogens with zero attached hydrogens (tertiary/aromatic N) is 1. The number of rotatable bonds is 8. The van der Waals surface area contributed by atoms with Crippen molar-refractivity contribution >= 4 is 23.4 Å². The van der Waals surface area contributed by atoms with Crippen LogP contribution in [0, 0.1) is 23.7 Å². The van der Waals surface area contributed by atoms with Crippen molar-refractivity contribution in [2.75, 3.05) is 32.7 Å². The predicted octanol–water partition coefficient (Wildman–Crippen LogP) is 2.37. The fourth-order valence-electron chi connectivity index (χ4n) is 6.64. The third-order valence-electron chi connectivity index (χ3n) is 8.85. The first-order chi connectivity index (χ1) is 17.8. The fourth-order valence-corrected chi connectivity index (χ4v) is 6.64. The minimum Gasteiger partial charge on any atom is -0.497 e. The van der Waals surface area contributed by atoms with E-state index in [2.05, 4.69) is 24.5 Å². The highest BCUT2D eigenvalue weighted by Gasteiger charge is 2.72. The molecule has 1 saturated carbocycles. The average molecular weight is 512 g/mol. The summed E-state index contributed by atoms with van der Waals surface area (Å²) < 4.78 is 16.8. The van der Waals surface area contributed by atoms with Crippen LogP contribution in [0.1, 0.15) is 33.1 Å². The molecule has 200 valence electrons. The van der Waals surface area contributed by atoms with E-state index in [1.54, 1.807) is 43.4 Å². The fraction of sp³-hybridized carbons (Fsp3) is 0.607. The largest absolute Gasteiger partial charge is 0.497 e. The third-order valence-corrected chi connectivity index (χ3v) is 8.85. The molecule has 2 saturated heterocycles. The van der Waals surface area contributed by atoms with E-state index in [0.29, 0.717) is 23.3 Å². The van der Waals surface area contributed by atoms with Gasteiger partial charge >= 0.3 is 0 Å². The molecule has 4 aliphatic rings. The summed E-state index contributed by atoms with van der Waals surface area (Å²) >= 11 is 0. The van der Waals surface area contributed by atoms with Crippen molar-refractivity contribution in [1.82, 2.24) is 10.2 Å². The van der Waals surface area contributed by atoms with Crippen LogP contribution in [0.25, 0.3) is 0 Å². The molecule has 37 heavy (non-hydrogen) atoms. The number of nitrogens with one attached hydrogen (secondary N) is 2. The summed E-state index contributed by atoms with van der Waals surface area (Å²) in [5.41, 5.74) is -0.576. The second-order valence-corrected chi connectivity index (χ2v) is 10.8. The molecular formula is C28H37N3O6. The quantitative estimate of drug-likeness (QED) is 0.519. The molecule has 2 bridgehead atoms. The molecule has 1 aromatic carbocycles. The van der Waals surface area contributed by atoms with Crippen molar-refractivity contribution in [2.24, 2.45) is 23.7 Å². The molecule has 2 N–H and O–H groups in total. The van der Waals surface area contributed by atoms with Gasteiger partial charge in [-0.3, -0.25) is 14.4 Å². The van der Waals surface area contributed by atoms with E-state index in [4.69, 9.17) is 14.2 Å². The number of benzene rings is 1. The Labute approximate surface area is 217 Å². The number of carbonyl (C=O) groups is 3. The molecule has 0 radical (unpaired) electrons. The van der Waals surface area contributed by atoms with Gasteiger partial charge in [0.05, 0.1) is 31.7 Å². The van der Waals surface area contributed by atoms with E-state index in [-0.39, 0.29) is 36.9 Å². The highest BCUT2D eigenvalue weighted by molar-refractivity contribution is 6.02. The number of ether oxygens (including phenoxy) is 3. The van der Waals surface area contributed by atoms with E-state index < -0.39 is 29.6 Å². The van der Waals surface area contributed by atoms with Crippen molar-refractivity contribution in [1.29, 1.82) is 0 Å². The van der Waals surface area contributed by atoms with Crippen LogP contribution in [0.5, 0.6) is 5.75 Å². The normalized spacial score (nSPS) is 35.9. The minimum atomic E-state index is -1.18. The first kappa shape index (κ1) is 25.7. The zero-order chi connectivity index (χ0) is 26.3. The summed E-state index contributed by atoms with van der Waals surface area (Å²) in [5.74, 6) is -0.754. The molecule has 9 nitrogen and oxygen atoms in total. The number of methoxy groups -OCH3 is 2. The van der Waals surface area contributed by atoms with Crippen LogP contribution < -0.4 is 15.4 Å². The third kappa shape index (κ3) is 4.32. The summed E-state index contributed by atoms with van der Waals surface area (Å²) in [5, 5.41) is 6.18. The Morgan fingerprint density at radius 2 is 1.89 bits per heavy atom. The maximum absolute atomic E-state index is 13.9. The van der Waals surface area contributed by atoms with Gasteiger partial charge in [0.2, 0.25) is 17.7 Å². The molecule has 3 fully saturated rings. The first-order valence-electron chi connectivity index (χ1n) is 13.2. The predicted molar refractivity (Wildman–Crippen MR) is 137 cm³/mol. The lowest BCUT2D eigenvalue weighted by Crippen LogP contribution is -2.58. The Kier molecular flexibility index (Phi) is 7.02. The summed E-state index contributed by atoms with van der Waals surface area (Å²) in [4.78, 5) is 42.7. The van der Waals surface area contributed by atoms with E-state index in [0.717, 1.165) is 19.3 Å². The van der Waals surface area contributed by atoms with Crippen molar-refractivity contribution in [3.8, 4) is 5.75 Å². The molecule has 0 unspecified atom stereocenters. The Hall–Kier alpha value is -2.91. The number of likely N-dealkylation sites (tertiary alicyclic amines) is 1. The monoisotopic (exact) mass is 511 g/mol. The van der Waals surface area contributed by atoms with Crippen LogP contribution >= 0.6 is 0 Å². The van der Waals surface area contributed by atoms with Gasteiger partial charge in [-0.15, -0.1) is 0 Å². The number of anilines is 1. The second-order valence-electron chi connectivity index (χ2n) is 10.8. The zero-order valence-electron chi connectivity index (χ0n) is 21.9. The number of hydrogen-bond donors (Lipinski definition) is 2. The number of fused-ring (bicyclic) bond motifs is 1. The van der Waals surface area contributed by atoms with Gasteiger partial charge in [-0.2, -0.15) is 0 Å². The summed E-state index contributed by atoms with van der Waals surface area (Å²) in [6.45, 7) is 4.93. The Morgan fingerprint density at radius 3 is 2.59 bits per heavy atom. The van der Waals surface area contributed by atoms with Crippen molar-refractivity contribution in [2.45, 2.75) is 56.9 Å². The zero-order valence-corrected chi connectivity index (χ0v) is 21.9. The lowest BCUT2D eigenvalue weighted by atomic mass is 9.73. The molecular weight excluding hydrogens is 474 g/mol. The van der Waals surface area contributed by atoms with Gasteiger partial charge in [0.15, 0.2) is 0 Å². The smallest absolute Gasteiger partial charge is 0.246 e. The lowest BCUT2D eigenvalue weighted by Gasteiger charge is -2.38. The summed E-state index contributed by atoms with van der Waals surface area (Å²) in [6.07, 6.45) is 6.22. The number of hydrogen-bond acceptors (Lipinski definition) is 6. The molecule has 3 aliphatic heterocycles.